The molecule has 1 aromatic heterocycles. The highest BCUT2D eigenvalue weighted by Gasteiger charge is 2.37. The quantitative estimate of drug-likeness (QED) is 0.493. The number of nitrogens with one attached hydrogen (secondary N) is 1. The molecule has 0 spiro atoms. The van der Waals surface area contributed by atoms with Gasteiger partial charge in [-0.25, -0.2) is 0 Å². The van der Waals surface area contributed by atoms with Crippen molar-refractivity contribution in [3.8, 4) is 5.75 Å². The van der Waals surface area contributed by atoms with Gasteiger partial charge in [-0.3, -0.25) is 4.79 Å². The number of rotatable bonds is 6. The molecule has 1 amide bonds. The van der Waals surface area contributed by atoms with Crippen molar-refractivity contribution in [2.75, 3.05) is 0 Å². The monoisotopic (exact) mass is 458 g/mol. The molecule has 2 aliphatic rings. The number of likely N-dealkylation sites (tertiary alicyclic amines) is 1. The van der Waals surface area contributed by atoms with Crippen LogP contribution in [0.2, 0.25) is 5.02 Å². The smallest absolute Gasteiger partial charge is 0.223 e. The van der Waals surface area contributed by atoms with Crippen molar-refractivity contribution in [1.82, 2.24) is 9.88 Å². The normalized spacial score (nSPS) is 25.2. The third kappa shape index (κ3) is 5.11. The second-order valence-electron chi connectivity index (χ2n) is 11.6. The zero-order valence-electron chi connectivity index (χ0n) is 20.5. The van der Waals surface area contributed by atoms with Crippen LogP contribution in [0.3, 0.4) is 0 Å². The molecule has 5 heteroatoms. The van der Waals surface area contributed by atoms with E-state index in [0.717, 1.165) is 54.3 Å². The number of carbonyl (C=O) groups excluding carboxylic acids is 1. The van der Waals surface area contributed by atoms with Gasteiger partial charge in [-0.1, -0.05) is 46.2 Å². The lowest BCUT2D eigenvalue weighted by atomic mass is 9.79. The minimum atomic E-state index is 0.0816. The number of amides is 1. The highest BCUT2D eigenvalue weighted by Crippen LogP contribution is 2.42. The summed E-state index contributed by atoms with van der Waals surface area (Å²) in [7, 11) is 0. The van der Waals surface area contributed by atoms with E-state index in [1.165, 1.54) is 0 Å². The average Bonchev–Trinajstić information content (AvgIpc) is 3.37. The Kier molecular flexibility index (Phi) is 6.55. The number of halogens is 1. The second kappa shape index (κ2) is 8.93. The third-order valence-electron chi connectivity index (χ3n) is 7.02. The third-order valence-corrected chi connectivity index (χ3v) is 7.32. The van der Waals surface area contributed by atoms with Gasteiger partial charge in [0.2, 0.25) is 5.91 Å². The Bertz CT molecular complexity index is 972. The molecule has 1 saturated heterocycles. The van der Waals surface area contributed by atoms with E-state index in [2.05, 4.69) is 51.4 Å². The molecule has 1 N–H and O–H groups in total. The fourth-order valence-corrected chi connectivity index (χ4v) is 5.80. The van der Waals surface area contributed by atoms with Gasteiger partial charge in [0.05, 0.1) is 11.1 Å². The molecule has 176 valence electrons. The number of aromatic nitrogens is 1. The van der Waals surface area contributed by atoms with Crippen LogP contribution in [0, 0.1) is 11.3 Å². The molecule has 4 unspecified atom stereocenters. The van der Waals surface area contributed by atoms with Crippen molar-refractivity contribution in [1.29, 1.82) is 0 Å². The Hall–Kier alpha value is -1.68. The maximum Gasteiger partial charge on any atom is 0.223 e. The van der Waals surface area contributed by atoms with Gasteiger partial charge in [-0.2, -0.15) is 0 Å². The molecule has 32 heavy (non-hydrogen) atoms. The summed E-state index contributed by atoms with van der Waals surface area (Å²) in [6.45, 7) is 13.5. The first kappa shape index (κ1) is 23.5. The van der Waals surface area contributed by atoms with E-state index in [4.69, 9.17) is 16.3 Å². The van der Waals surface area contributed by atoms with Crippen LogP contribution in [0.1, 0.15) is 91.5 Å². The standard InChI is InChI=1S/C27H39ClN2O2/c1-16-11-18(3)30(19(12-16)14-27(4,5)6)24(31)13-17(2)21-15-29-23-10-9-22(28)26(25(21)23)32-20-7-8-20/h9-10,15-20,29H,7-8,11-14H2,1-6H3. The van der Waals surface area contributed by atoms with Crippen LogP contribution in [0.4, 0.5) is 0 Å². The van der Waals surface area contributed by atoms with Crippen LogP contribution in [0.15, 0.2) is 18.3 Å². The Morgan fingerprint density at radius 2 is 1.97 bits per heavy atom. The highest BCUT2D eigenvalue weighted by atomic mass is 35.5. The number of fused-ring (bicyclic) bond motifs is 1. The lowest BCUT2D eigenvalue weighted by molar-refractivity contribution is -0.140. The number of carbonyl (C=O) groups is 1. The number of aromatic amines is 1. The van der Waals surface area contributed by atoms with Gasteiger partial charge >= 0.3 is 0 Å². The van der Waals surface area contributed by atoms with Crippen molar-refractivity contribution < 1.29 is 9.53 Å². The van der Waals surface area contributed by atoms with E-state index >= 15 is 0 Å². The highest BCUT2D eigenvalue weighted by molar-refractivity contribution is 6.33. The van der Waals surface area contributed by atoms with Gasteiger partial charge in [-0.05, 0) is 74.0 Å². The molecule has 1 aliphatic heterocycles. The predicted molar refractivity (Wildman–Crippen MR) is 133 cm³/mol. The van der Waals surface area contributed by atoms with E-state index in [9.17, 15) is 4.79 Å². The Morgan fingerprint density at radius 3 is 2.62 bits per heavy atom. The number of H-pyrrole nitrogens is 1. The Labute approximate surface area is 198 Å². The van der Waals surface area contributed by atoms with E-state index < -0.39 is 0 Å². The topological polar surface area (TPSA) is 45.3 Å². The van der Waals surface area contributed by atoms with Gasteiger partial charge in [0, 0.05) is 35.6 Å². The van der Waals surface area contributed by atoms with Crippen molar-refractivity contribution in [3.05, 3.63) is 28.9 Å². The molecule has 2 aromatic rings. The van der Waals surface area contributed by atoms with Crippen molar-refractivity contribution in [2.45, 2.75) is 104 Å². The number of ether oxygens (including phenoxy) is 1. The minimum absolute atomic E-state index is 0.0816. The van der Waals surface area contributed by atoms with Gasteiger partial charge < -0.3 is 14.6 Å². The van der Waals surface area contributed by atoms with Gasteiger partial charge in [0.25, 0.3) is 0 Å². The van der Waals surface area contributed by atoms with Gasteiger partial charge in [0.15, 0.2) is 0 Å². The van der Waals surface area contributed by atoms with Crippen LogP contribution in [-0.2, 0) is 4.79 Å². The summed E-state index contributed by atoms with van der Waals surface area (Å²) >= 11 is 6.54. The number of hydrogen-bond donors (Lipinski definition) is 1. The number of piperidine rings is 1. The molecule has 1 aromatic carbocycles. The minimum Gasteiger partial charge on any atom is -0.488 e. The number of hydrogen-bond acceptors (Lipinski definition) is 2. The molecule has 4 nitrogen and oxygen atoms in total. The summed E-state index contributed by atoms with van der Waals surface area (Å²) in [5.41, 5.74) is 2.34. The van der Waals surface area contributed by atoms with E-state index in [1.54, 1.807) is 0 Å². The summed E-state index contributed by atoms with van der Waals surface area (Å²) in [4.78, 5) is 19.2. The van der Waals surface area contributed by atoms with Crippen molar-refractivity contribution in [3.63, 3.8) is 0 Å². The maximum atomic E-state index is 13.7. The largest absolute Gasteiger partial charge is 0.488 e. The zero-order valence-corrected chi connectivity index (χ0v) is 21.3. The summed E-state index contributed by atoms with van der Waals surface area (Å²) in [6.07, 6.45) is 8.21. The van der Waals surface area contributed by atoms with Crippen LogP contribution >= 0.6 is 11.6 Å². The van der Waals surface area contributed by atoms with Gasteiger partial charge in [0.1, 0.15) is 5.75 Å². The summed E-state index contributed by atoms with van der Waals surface area (Å²) in [5, 5.41) is 1.68. The van der Waals surface area contributed by atoms with Gasteiger partial charge in [-0.15, -0.1) is 0 Å². The lowest BCUT2D eigenvalue weighted by Gasteiger charge is -2.46. The van der Waals surface area contributed by atoms with Crippen LogP contribution in [-0.4, -0.2) is 34.0 Å². The summed E-state index contributed by atoms with van der Waals surface area (Å²) < 4.78 is 6.19. The van der Waals surface area contributed by atoms with Crippen LogP contribution in [0.5, 0.6) is 5.75 Å². The van der Waals surface area contributed by atoms with Crippen molar-refractivity contribution >= 4 is 28.4 Å². The predicted octanol–water partition coefficient (Wildman–Crippen LogP) is 7.31. The van der Waals surface area contributed by atoms with Crippen LogP contribution < -0.4 is 4.74 Å². The molecule has 2 heterocycles. The summed E-state index contributed by atoms with van der Waals surface area (Å²) in [6, 6.07) is 4.51. The van der Waals surface area contributed by atoms with E-state index in [-0.39, 0.29) is 29.4 Å². The molecule has 0 bridgehead atoms. The van der Waals surface area contributed by atoms with Crippen molar-refractivity contribution in [2.24, 2.45) is 11.3 Å². The van der Waals surface area contributed by atoms with Crippen LogP contribution in [0.25, 0.3) is 10.9 Å². The zero-order chi connectivity index (χ0) is 23.2. The first-order valence-electron chi connectivity index (χ1n) is 12.3. The summed E-state index contributed by atoms with van der Waals surface area (Å²) in [5.74, 6) is 1.79. The fourth-order valence-electron chi connectivity index (χ4n) is 5.59. The fraction of sp³-hybridized carbons (Fsp3) is 0.667. The lowest BCUT2D eigenvalue weighted by Crippen LogP contribution is -2.52. The SMILES string of the molecule is CC1CC(C)N(C(=O)CC(C)c2c[nH]c3ccc(Cl)c(OC4CC4)c23)C(CC(C)(C)C)C1. The Morgan fingerprint density at radius 1 is 1.25 bits per heavy atom. The average molecular weight is 459 g/mol. The molecular weight excluding hydrogens is 420 g/mol. The molecular formula is C27H39ClN2O2. The number of benzene rings is 1. The first-order chi connectivity index (χ1) is 15.0. The molecule has 2 fully saturated rings. The molecule has 1 saturated carbocycles. The molecule has 0 radical (unpaired) electrons. The number of nitrogens with zero attached hydrogens (tertiary/aromatic N) is 1. The molecule has 4 atom stereocenters. The maximum absolute atomic E-state index is 13.7. The second-order valence-corrected chi connectivity index (χ2v) is 12.0. The van der Waals surface area contributed by atoms with E-state index in [1.807, 2.05) is 18.3 Å². The molecule has 1 aliphatic carbocycles. The van der Waals surface area contributed by atoms with E-state index in [0.29, 0.717) is 23.4 Å². The Balaban J connectivity index is 1.57. The molecule has 4 rings (SSSR count). The first-order valence-corrected chi connectivity index (χ1v) is 12.7.